The van der Waals surface area contributed by atoms with Gasteiger partial charge < -0.3 is 14.4 Å². The molecule has 234 valence electrons. The zero-order valence-electron chi connectivity index (χ0n) is 25.3. The Labute approximate surface area is 280 Å². The molecule has 0 radical (unpaired) electrons. The number of nitrogens with zero attached hydrogens (tertiary/aromatic N) is 3. The van der Waals surface area contributed by atoms with Crippen molar-refractivity contribution in [2.75, 3.05) is 19.7 Å². The van der Waals surface area contributed by atoms with Crippen LogP contribution in [0.3, 0.4) is 0 Å². The minimum absolute atomic E-state index is 0.146. The molecule has 5 rings (SSSR count). The van der Waals surface area contributed by atoms with Crippen molar-refractivity contribution in [3.8, 4) is 11.5 Å². The van der Waals surface area contributed by atoms with E-state index < -0.39 is 6.04 Å². The Balaban J connectivity index is 1.56. The molecule has 4 aromatic rings. The van der Waals surface area contributed by atoms with Crippen LogP contribution in [0.25, 0.3) is 6.08 Å². The standard InChI is InChI=1S/C34H32Cl3N3O4S/c1-5-39(6-2)33(42)30-20(4)38-34-40(31(30)22-9-12-24(35)13-10-22)32(41)29(45-34)17-21-8-15-27(28(16-21)43-7-3)44-19-23-11-14-25(36)18-26(23)37/h8-18,31H,5-7,19H2,1-4H3/b29-17+/t31-/m0/s1. The van der Waals surface area contributed by atoms with Crippen LogP contribution in [0.1, 0.15) is 50.4 Å². The van der Waals surface area contributed by atoms with Crippen molar-refractivity contribution in [1.82, 2.24) is 9.47 Å². The topological polar surface area (TPSA) is 73.1 Å². The number of amides is 1. The number of rotatable bonds is 10. The maximum Gasteiger partial charge on any atom is 0.271 e. The molecular weight excluding hydrogens is 653 g/mol. The Kier molecular flexibility index (Phi) is 10.4. The van der Waals surface area contributed by atoms with Gasteiger partial charge in [-0.2, -0.15) is 0 Å². The lowest BCUT2D eigenvalue weighted by Gasteiger charge is -2.29. The molecule has 45 heavy (non-hydrogen) atoms. The van der Waals surface area contributed by atoms with Crippen molar-refractivity contribution in [1.29, 1.82) is 0 Å². The van der Waals surface area contributed by atoms with Crippen molar-refractivity contribution >= 4 is 58.1 Å². The largest absolute Gasteiger partial charge is 0.490 e. The van der Waals surface area contributed by atoms with Crippen LogP contribution in [0.4, 0.5) is 0 Å². The average molecular weight is 685 g/mol. The van der Waals surface area contributed by atoms with E-state index in [1.54, 1.807) is 45.9 Å². The lowest BCUT2D eigenvalue weighted by Crippen LogP contribution is -2.43. The summed E-state index contributed by atoms with van der Waals surface area (Å²) in [5.41, 5.74) is 3.13. The maximum atomic E-state index is 14.1. The molecule has 0 unspecified atom stereocenters. The van der Waals surface area contributed by atoms with Crippen LogP contribution >= 0.6 is 46.1 Å². The summed E-state index contributed by atoms with van der Waals surface area (Å²) < 4.78 is 14.0. The van der Waals surface area contributed by atoms with Crippen molar-refractivity contribution in [3.05, 3.63) is 123 Å². The zero-order valence-corrected chi connectivity index (χ0v) is 28.4. The number of hydrogen-bond acceptors (Lipinski definition) is 6. The Morgan fingerprint density at radius 3 is 2.33 bits per heavy atom. The second kappa shape index (κ2) is 14.3. The van der Waals surface area contributed by atoms with Crippen LogP contribution in [0, 0.1) is 0 Å². The van der Waals surface area contributed by atoms with Gasteiger partial charge in [0.1, 0.15) is 6.61 Å². The van der Waals surface area contributed by atoms with Gasteiger partial charge in [0.15, 0.2) is 16.3 Å². The van der Waals surface area contributed by atoms with Gasteiger partial charge in [0.25, 0.3) is 11.5 Å². The number of carbonyl (C=O) groups excluding carboxylic acids is 1. The molecule has 0 fully saturated rings. The van der Waals surface area contributed by atoms with Crippen molar-refractivity contribution in [3.63, 3.8) is 0 Å². The molecule has 7 nitrogen and oxygen atoms in total. The van der Waals surface area contributed by atoms with E-state index in [2.05, 4.69) is 0 Å². The summed E-state index contributed by atoms with van der Waals surface area (Å²) in [6, 6.07) is 17.3. The molecule has 1 aliphatic heterocycles. The number of hydrogen-bond donors (Lipinski definition) is 0. The van der Waals surface area contributed by atoms with Gasteiger partial charge >= 0.3 is 0 Å². The fourth-order valence-corrected chi connectivity index (χ4v) is 6.82. The third-order valence-corrected chi connectivity index (χ3v) is 9.27. The number of aromatic nitrogens is 1. The molecule has 1 amide bonds. The highest BCUT2D eigenvalue weighted by molar-refractivity contribution is 7.07. The molecule has 1 aliphatic rings. The first kappa shape index (κ1) is 32.8. The number of carbonyl (C=O) groups is 1. The highest BCUT2D eigenvalue weighted by Gasteiger charge is 2.34. The molecule has 1 aromatic heterocycles. The summed E-state index contributed by atoms with van der Waals surface area (Å²) in [4.78, 5) is 34.9. The SMILES string of the molecule is CCOc1cc(/C=c2/sc3n(c2=O)[C@@H](c2ccc(Cl)cc2)C(C(=O)N(CC)CC)=C(C)N=3)ccc1OCc1ccc(Cl)cc1Cl. The maximum absolute atomic E-state index is 14.1. The van der Waals surface area contributed by atoms with E-state index in [-0.39, 0.29) is 18.1 Å². The van der Waals surface area contributed by atoms with Crippen LogP contribution in [0.2, 0.25) is 15.1 Å². The summed E-state index contributed by atoms with van der Waals surface area (Å²) in [5, 5.41) is 1.63. The van der Waals surface area contributed by atoms with Gasteiger partial charge in [-0.1, -0.05) is 70.4 Å². The molecule has 3 aromatic carbocycles. The third-order valence-electron chi connectivity index (χ3n) is 7.45. The zero-order chi connectivity index (χ0) is 32.2. The number of allylic oxidation sites excluding steroid dienone is 1. The Morgan fingerprint density at radius 1 is 0.956 bits per heavy atom. The van der Waals surface area contributed by atoms with Crippen molar-refractivity contribution in [2.45, 2.75) is 40.3 Å². The highest BCUT2D eigenvalue weighted by atomic mass is 35.5. The van der Waals surface area contributed by atoms with E-state index in [4.69, 9.17) is 49.3 Å². The van der Waals surface area contributed by atoms with E-state index >= 15 is 0 Å². The van der Waals surface area contributed by atoms with Gasteiger partial charge in [0, 0.05) is 33.7 Å². The first-order chi connectivity index (χ1) is 21.6. The molecule has 0 spiro atoms. The molecule has 0 aliphatic carbocycles. The second-order valence-electron chi connectivity index (χ2n) is 10.3. The molecule has 0 bridgehead atoms. The van der Waals surface area contributed by atoms with Crippen LogP contribution in [-0.2, 0) is 11.4 Å². The molecule has 2 heterocycles. The van der Waals surface area contributed by atoms with E-state index in [0.717, 1.165) is 16.7 Å². The van der Waals surface area contributed by atoms with Gasteiger partial charge in [0.2, 0.25) is 0 Å². The fraction of sp³-hybridized carbons (Fsp3) is 0.265. The Hall–Kier alpha value is -3.56. The van der Waals surface area contributed by atoms with Crippen LogP contribution in [0.5, 0.6) is 11.5 Å². The second-order valence-corrected chi connectivity index (χ2v) is 12.6. The third kappa shape index (κ3) is 6.99. The van der Waals surface area contributed by atoms with Gasteiger partial charge in [-0.05, 0) is 81.3 Å². The van der Waals surface area contributed by atoms with E-state index in [1.807, 2.05) is 58.0 Å². The number of likely N-dealkylation sites (N-methyl/N-ethyl adjacent to an activating group) is 1. The molecule has 0 N–H and O–H groups in total. The minimum Gasteiger partial charge on any atom is -0.490 e. The summed E-state index contributed by atoms with van der Waals surface area (Å²) in [6.07, 6.45) is 1.80. The van der Waals surface area contributed by atoms with Gasteiger partial charge in [-0.3, -0.25) is 14.2 Å². The summed E-state index contributed by atoms with van der Waals surface area (Å²) in [5.74, 6) is 0.929. The number of fused-ring (bicyclic) bond motifs is 1. The van der Waals surface area contributed by atoms with Crippen molar-refractivity contribution in [2.24, 2.45) is 4.99 Å². The Bertz CT molecular complexity index is 1950. The number of ether oxygens (including phenoxy) is 2. The molecule has 1 atom stereocenters. The first-order valence-electron chi connectivity index (χ1n) is 14.6. The number of benzene rings is 3. The Morgan fingerprint density at radius 2 is 1.67 bits per heavy atom. The predicted octanol–water partition coefficient (Wildman–Crippen LogP) is 7.04. The monoisotopic (exact) mass is 683 g/mol. The number of thiazole rings is 1. The van der Waals surface area contributed by atoms with Gasteiger partial charge in [-0.15, -0.1) is 0 Å². The molecule has 11 heteroatoms. The first-order valence-corrected chi connectivity index (χ1v) is 16.5. The minimum atomic E-state index is -0.650. The number of halogens is 3. The quantitative estimate of drug-likeness (QED) is 0.180. The van der Waals surface area contributed by atoms with E-state index in [1.165, 1.54) is 11.3 Å². The molecule has 0 saturated heterocycles. The normalized spacial score (nSPS) is 14.6. The summed E-state index contributed by atoms with van der Waals surface area (Å²) in [7, 11) is 0. The summed E-state index contributed by atoms with van der Waals surface area (Å²) >= 11 is 19.8. The van der Waals surface area contributed by atoms with Crippen LogP contribution in [0.15, 0.2) is 81.7 Å². The average Bonchev–Trinajstić information content (AvgIpc) is 3.31. The molecule has 0 saturated carbocycles. The summed E-state index contributed by atoms with van der Waals surface area (Å²) in [6.45, 7) is 9.31. The van der Waals surface area contributed by atoms with Gasteiger partial charge in [0.05, 0.1) is 28.5 Å². The van der Waals surface area contributed by atoms with E-state index in [9.17, 15) is 9.59 Å². The smallest absolute Gasteiger partial charge is 0.271 e. The highest BCUT2D eigenvalue weighted by Crippen LogP contribution is 2.33. The predicted molar refractivity (Wildman–Crippen MR) is 182 cm³/mol. The molecular formula is C34H32Cl3N3O4S. The lowest BCUT2D eigenvalue weighted by atomic mass is 9.94. The van der Waals surface area contributed by atoms with E-state index in [0.29, 0.717) is 66.9 Å². The van der Waals surface area contributed by atoms with Crippen molar-refractivity contribution < 1.29 is 14.3 Å². The fourth-order valence-electron chi connectivity index (χ4n) is 5.18. The van der Waals surface area contributed by atoms with Crippen LogP contribution < -0.4 is 24.4 Å². The van der Waals surface area contributed by atoms with Gasteiger partial charge in [-0.25, -0.2) is 4.99 Å². The van der Waals surface area contributed by atoms with Crippen LogP contribution in [-0.4, -0.2) is 35.1 Å². The lowest BCUT2D eigenvalue weighted by molar-refractivity contribution is -0.127.